The van der Waals surface area contributed by atoms with Gasteiger partial charge in [-0.25, -0.2) is 9.48 Å². The Morgan fingerprint density at radius 2 is 1.63 bits per heavy atom. The van der Waals surface area contributed by atoms with Gasteiger partial charge in [-0.05, 0) is 95.2 Å². The summed E-state index contributed by atoms with van der Waals surface area (Å²) in [6.45, 7) is 11.7. The molecule has 12 heteroatoms. The molecule has 0 radical (unpaired) electrons. The number of benzene rings is 2. The second kappa shape index (κ2) is 14.0. The Balaban J connectivity index is 1.19. The van der Waals surface area contributed by atoms with E-state index in [1.807, 2.05) is 48.4 Å². The molecule has 0 bridgehead atoms. The van der Waals surface area contributed by atoms with Crippen molar-refractivity contribution in [1.82, 2.24) is 30.1 Å². The second-order valence-electron chi connectivity index (χ2n) is 13.5. The van der Waals surface area contributed by atoms with Crippen molar-refractivity contribution in [2.45, 2.75) is 71.6 Å². The van der Waals surface area contributed by atoms with E-state index in [1.165, 1.54) is 0 Å². The predicted molar refractivity (Wildman–Crippen MR) is 178 cm³/mol. The van der Waals surface area contributed by atoms with Crippen molar-refractivity contribution >= 4 is 41.1 Å². The summed E-state index contributed by atoms with van der Waals surface area (Å²) in [5, 5.41) is 12.6. The molecule has 0 saturated carbocycles. The minimum Gasteiger partial charge on any atom is -0.444 e. The smallest absolute Gasteiger partial charge is 0.407 e. The molecule has 3 heterocycles. The van der Waals surface area contributed by atoms with Gasteiger partial charge in [-0.3, -0.25) is 9.59 Å². The number of likely N-dealkylation sites (tertiary alicyclic amines) is 2. The highest BCUT2D eigenvalue weighted by Gasteiger charge is 2.35. The van der Waals surface area contributed by atoms with Crippen LogP contribution in [0.2, 0.25) is 10.0 Å². The SMILES string of the molecule is CC1CC(C)N(C(=O)c2cccc(C(=O)N3CCC(n4cc(-c5cc(Cl)cc(Cl)c5)nn4)CC3)c2)CC1CNC(=O)OC(C)(C)C. The van der Waals surface area contributed by atoms with Gasteiger partial charge in [-0.15, -0.1) is 5.10 Å². The first-order valence-corrected chi connectivity index (χ1v) is 16.6. The summed E-state index contributed by atoms with van der Waals surface area (Å²) in [4.78, 5) is 43.2. The summed E-state index contributed by atoms with van der Waals surface area (Å²) in [6, 6.07) is 12.4. The average Bonchev–Trinajstić information content (AvgIpc) is 3.49. The third kappa shape index (κ3) is 8.20. The fourth-order valence-electron chi connectivity index (χ4n) is 6.30. The number of halogens is 2. The molecular weight excluding hydrogens is 627 g/mol. The zero-order valence-corrected chi connectivity index (χ0v) is 28.5. The van der Waals surface area contributed by atoms with Crippen molar-refractivity contribution in [3.63, 3.8) is 0 Å². The Morgan fingerprint density at radius 3 is 2.28 bits per heavy atom. The lowest BCUT2D eigenvalue weighted by molar-refractivity contribution is 0.0401. The standard InChI is InChI=1S/C34H42Cl2N6O4/c1-21-13-22(2)41(19-26(21)18-37-33(45)46-34(3,4)5)32(44)24-8-6-7-23(14-24)31(43)40-11-9-29(10-12-40)42-20-30(38-39-42)25-15-27(35)17-28(36)16-25/h6-8,14-17,20-22,26,29H,9-13,18-19H2,1-5H3,(H,37,45). The monoisotopic (exact) mass is 668 g/mol. The highest BCUT2D eigenvalue weighted by Crippen LogP contribution is 2.30. The van der Waals surface area contributed by atoms with Crippen molar-refractivity contribution in [2.75, 3.05) is 26.2 Å². The van der Waals surface area contributed by atoms with E-state index >= 15 is 0 Å². The molecule has 3 aromatic rings. The number of alkyl carbamates (subject to hydrolysis) is 1. The van der Waals surface area contributed by atoms with Crippen LogP contribution in [0.25, 0.3) is 11.3 Å². The fourth-order valence-corrected chi connectivity index (χ4v) is 6.83. The lowest BCUT2D eigenvalue weighted by Crippen LogP contribution is -2.51. The van der Waals surface area contributed by atoms with Gasteiger partial charge in [0.15, 0.2) is 0 Å². The summed E-state index contributed by atoms with van der Waals surface area (Å²) in [6.07, 6.45) is 3.71. The van der Waals surface area contributed by atoms with Crippen LogP contribution >= 0.6 is 23.2 Å². The normalized spacial score (nSPS) is 20.8. The molecule has 2 aliphatic heterocycles. The number of aromatic nitrogens is 3. The predicted octanol–water partition coefficient (Wildman–Crippen LogP) is 6.74. The van der Waals surface area contributed by atoms with Gasteiger partial charge < -0.3 is 19.9 Å². The topological polar surface area (TPSA) is 110 Å². The highest BCUT2D eigenvalue weighted by atomic mass is 35.5. The van der Waals surface area contributed by atoms with Crippen LogP contribution in [0, 0.1) is 11.8 Å². The summed E-state index contributed by atoms with van der Waals surface area (Å²) in [7, 11) is 0. The molecule has 5 rings (SSSR count). The molecule has 46 heavy (non-hydrogen) atoms. The average molecular weight is 670 g/mol. The van der Waals surface area contributed by atoms with Gasteiger partial charge in [0, 0.05) is 59.0 Å². The van der Waals surface area contributed by atoms with Crippen LogP contribution in [0.15, 0.2) is 48.7 Å². The molecule has 2 saturated heterocycles. The maximum atomic E-state index is 13.7. The number of ether oxygens (including phenoxy) is 1. The summed E-state index contributed by atoms with van der Waals surface area (Å²) < 4.78 is 7.24. The van der Waals surface area contributed by atoms with Gasteiger partial charge >= 0.3 is 6.09 Å². The van der Waals surface area contributed by atoms with Crippen molar-refractivity contribution < 1.29 is 19.1 Å². The number of carbonyl (C=O) groups is 3. The van der Waals surface area contributed by atoms with Crippen molar-refractivity contribution in [3.8, 4) is 11.3 Å². The first kappa shape index (κ1) is 33.7. The summed E-state index contributed by atoms with van der Waals surface area (Å²) in [5.41, 5.74) is 1.88. The first-order chi connectivity index (χ1) is 21.8. The number of carbonyl (C=O) groups excluding carboxylic acids is 3. The third-order valence-corrected chi connectivity index (χ3v) is 9.24. The van der Waals surface area contributed by atoms with Crippen LogP contribution < -0.4 is 5.32 Å². The van der Waals surface area contributed by atoms with E-state index in [0.717, 1.165) is 24.8 Å². The molecule has 0 aliphatic carbocycles. The molecule has 2 aromatic carbocycles. The maximum absolute atomic E-state index is 13.7. The molecule has 3 amide bonds. The van der Waals surface area contributed by atoms with Crippen molar-refractivity contribution in [1.29, 1.82) is 0 Å². The molecule has 3 unspecified atom stereocenters. The van der Waals surface area contributed by atoms with Crippen LogP contribution in [0.4, 0.5) is 4.79 Å². The largest absolute Gasteiger partial charge is 0.444 e. The molecule has 3 atom stereocenters. The quantitative estimate of drug-likeness (QED) is 0.312. The molecule has 2 fully saturated rings. The molecule has 246 valence electrons. The first-order valence-electron chi connectivity index (χ1n) is 15.8. The molecule has 1 N–H and O–H groups in total. The Kier molecular flexibility index (Phi) is 10.3. The zero-order valence-electron chi connectivity index (χ0n) is 27.0. The number of rotatable bonds is 6. The van der Waals surface area contributed by atoms with Gasteiger partial charge in [0.25, 0.3) is 11.8 Å². The summed E-state index contributed by atoms with van der Waals surface area (Å²) >= 11 is 12.3. The number of piperidine rings is 2. The number of amides is 3. The Bertz CT molecular complexity index is 1560. The van der Waals surface area contributed by atoms with Crippen LogP contribution in [0.5, 0.6) is 0 Å². The van der Waals surface area contributed by atoms with E-state index in [2.05, 4.69) is 22.6 Å². The van der Waals surface area contributed by atoms with Gasteiger partial charge in [-0.2, -0.15) is 0 Å². The molecule has 10 nitrogen and oxygen atoms in total. The van der Waals surface area contributed by atoms with Gasteiger partial charge in [0.2, 0.25) is 0 Å². The minimum atomic E-state index is -0.577. The third-order valence-electron chi connectivity index (χ3n) is 8.80. The van der Waals surface area contributed by atoms with Crippen LogP contribution in [0.3, 0.4) is 0 Å². The van der Waals surface area contributed by atoms with Crippen LogP contribution in [-0.4, -0.2) is 80.5 Å². The van der Waals surface area contributed by atoms with E-state index in [1.54, 1.807) is 42.5 Å². The van der Waals surface area contributed by atoms with Gasteiger partial charge in [-0.1, -0.05) is 41.4 Å². The number of nitrogens with one attached hydrogen (secondary N) is 1. The van der Waals surface area contributed by atoms with Crippen molar-refractivity contribution in [2.24, 2.45) is 11.8 Å². The van der Waals surface area contributed by atoms with E-state index in [0.29, 0.717) is 59.0 Å². The van der Waals surface area contributed by atoms with E-state index in [-0.39, 0.29) is 29.8 Å². The van der Waals surface area contributed by atoms with Gasteiger partial charge in [0.1, 0.15) is 11.3 Å². The zero-order chi connectivity index (χ0) is 33.2. The lowest BCUT2D eigenvalue weighted by Gasteiger charge is -2.42. The second-order valence-corrected chi connectivity index (χ2v) is 14.4. The maximum Gasteiger partial charge on any atom is 0.407 e. The van der Waals surface area contributed by atoms with E-state index < -0.39 is 11.7 Å². The lowest BCUT2D eigenvalue weighted by atomic mass is 9.83. The Morgan fingerprint density at radius 1 is 0.978 bits per heavy atom. The highest BCUT2D eigenvalue weighted by molar-refractivity contribution is 6.35. The van der Waals surface area contributed by atoms with Crippen LogP contribution in [-0.2, 0) is 4.74 Å². The van der Waals surface area contributed by atoms with Crippen LogP contribution in [0.1, 0.15) is 80.6 Å². The molecular formula is C34H42Cl2N6O4. The number of hydrogen-bond donors (Lipinski definition) is 1. The number of hydrogen-bond acceptors (Lipinski definition) is 6. The van der Waals surface area contributed by atoms with Crippen molar-refractivity contribution in [3.05, 3.63) is 69.8 Å². The summed E-state index contributed by atoms with van der Waals surface area (Å²) in [5.74, 6) is 0.200. The molecule has 0 spiro atoms. The van der Waals surface area contributed by atoms with E-state index in [4.69, 9.17) is 27.9 Å². The number of nitrogens with zero attached hydrogens (tertiary/aromatic N) is 5. The molecule has 2 aliphatic rings. The van der Waals surface area contributed by atoms with E-state index in [9.17, 15) is 14.4 Å². The fraction of sp³-hybridized carbons (Fsp3) is 0.500. The van der Waals surface area contributed by atoms with Gasteiger partial charge in [0.05, 0.1) is 12.2 Å². The minimum absolute atomic E-state index is 0.0341. The molecule has 1 aromatic heterocycles. The Hall–Kier alpha value is -3.63. The Labute approximate surface area is 280 Å².